The van der Waals surface area contributed by atoms with Crippen molar-refractivity contribution < 1.29 is 79.6 Å². The number of aryl methyl sites for hydroxylation is 5. The number of aliphatic carboxylic acids is 1. The number of fused-ring (bicyclic) bond motifs is 2. The Kier molecular flexibility index (Phi) is 38.0. The SMILES string of the molecule is C.C.CCn1ccc2c(=O)[nH]ccc21.CCn1ccc2c1C=CC(c1ccc(OC(F)(F)F)cc1)C2=O.CCn1cccc1/C=C/C(=O)N=[N+]=[N-].CCn1cccc1/C=C/C(=O)O.CCn1cccc1OC.COC1=CC=CC1.OB(O)c1ccc(OC(F)(F)F)cc1.c1ccc(Oc2ccccc2)cc1. The standard InChI is InChI=1S/C17H14F3NO2.C12H10O.C9H10N4O.C9H10N2O.C9H11NO2.C7H6BF3O3.C7H11NO.C6H8O.2CH4/c1-2-21-10-9-14-15(21)8-7-13(16(14)22)11-3-5-12(6-4-11)23-17(18,19)20;1-3-7-11(8-4-1)13-12-9-5-2-6-10-12;1-2-13-7-3-4-8(13)5-6-9(14)11-12-10;1-2-11-6-4-7-8(11)3-5-10-9(7)12;1-2-10-7-3-4-8(10)5-6-9(11)12;9-7(10,11)14-6-3-1-5(2-4-6)8(12)13;1-3-8-6-4-5-7(8)9-2;1-7-6-4-2-3-5-6;;/h3-10,13H,2H2,1H3;1-10H;3-7H,2H2,1H3;3-6H,2H2,1H3,(H,10,12);3-7H,2H2,1H3,(H,11,12);1-4,12-13H;4-6H,3H2,1-2H3;2-4H,5H2,1H3;2*1H4/b;;6-5+;;6-5+;;;;;. The van der Waals surface area contributed by atoms with Crippen molar-refractivity contribution in [1.29, 1.82) is 0 Å². The van der Waals surface area contributed by atoms with E-state index in [4.69, 9.17) is 34.9 Å². The van der Waals surface area contributed by atoms with Crippen molar-refractivity contribution in [2.45, 2.75) is 107 Å². The molecule has 0 saturated carbocycles. The third kappa shape index (κ3) is 30.1. The summed E-state index contributed by atoms with van der Waals surface area (Å²) in [6.07, 6.45) is 18.1. The van der Waals surface area contributed by atoms with Crippen molar-refractivity contribution in [3.8, 4) is 28.9 Å². The van der Waals surface area contributed by atoms with E-state index in [1.807, 2.05) is 202 Å². The first kappa shape index (κ1) is 88.1. The van der Waals surface area contributed by atoms with Gasteiger partial charge in [0.2, 0.25) is 5.91 Å². The van der Waals surface area contributed by atoms with E-state index in [9.17, 15) is 45.5 Å². The van der Waals surface area contributed by atoms with Gasteiger partial charge < -0.3 is 66.7 Å². The summed E-state index contributed by atoms with van der Waals surface area (Å²) >= 11 is 0. The highest BCUT2D eigenvalue weighted by molar-refractivity contribution is 6.58. The number of hydrogen-bond donors (Lipinski definition) is 4. The van der Waals surface area contributed by atoms with Gasteiger partial charge in [-0.1, -0.05) is 93.7 Å². The Bertz CT molecular complexity index is 4470. The molecule has 6 heterocycles. The highest BCUT2D eigenvalue weighted by atomic mass is 19.4. The van der Waals surface area contributed by atoms with Crippen molar-refractivity contribution in [2.75, 3.05) is 14.2 Å². The second-order valence-electron chi connectivity index (χ2n) is 21.4. The summed E-state index contributed by atoms with van der Waals surface area (Å²) in [5.41, 5.74) is 13.0. The number of pyridine rings is 1. The van der Waals surface area contributed by atoms with Crippen LogP contribution in [0.1, 0.15) is 94.8 Å². The van der Waals surface area contributed by atoms with Crippen LogP contribution in [0.4, 0.5) is 26.3 Å². The number of carbonyl (C=O) groups excluding carboxylic acids is 2. The summed E-state index contributed by atoms with van der Waals surface area (Å²) in [7, 11) is 1.68. The Morgan fingerprint density at radius 2 is 1.12 bits per heavy atom. The van der Waals surface area contributed by atoms with Gasteiger partial charge in [0.15, 0.2) is 11.7 Å². The maximum absolute atomic E-state index is 12.6. The Morgan fingerprint density at radius 1 is 0.613 bits per heavy atom. The number of carboxylic acid groups (broad SMARTS) is 1. The number of carboxylic acids is 1. The number of aromatic nitrogens is 6. The predicted octanol–water partition coefficient (Wildman–Crippen LogP) is 17.7. The van der Waals surface area contributed by atoms with Crippen molar-refractivity contribution in [3.05, 3.63) is 292 Å². The zero-order valence-electron chi connectivity index (χ0n) is 58.0. The lowest BCUT2D eigenvalue weighted by atomic mass is 9.80. The fourth-order valence-corrected chi connectivity index (χ4v) is 9.65. The van der Waals surface area contributed by atoms with Gasteiger partial charge in [0.25, 0.3) is 5.56 Å². The van der Waals surface area contributed by atoms with E-state index in [0.717, 1.165) is 121 Å². The number of rotatable bonds is 17. The number of nitrogens with one attached hydrogen (secondary N) is 1. The minimum atomic E-state index is -4.74. The molecule has 0 saturated heterocycles. The van der Waals surface area contributed by atoms with E-state index >= 15 is 0 Å². The number of nitrogens with zero attached hydrogens (tertiary/aromatic N) is 8. The predicted molar refractivity (Wildman–Crippen MR) is 403 cm³/mol. The van der Waals surface area contributed by atoms with E-state index in [1.165, 1.54) is 30.3 Å². The topological polar surface area (TPSA) is 264 Å². The number of halogens is 6. The number of carbonyl (C=O) groups is 3. The number of hydrogen-bond acceptors (Lipinski definition) is 11. The van der Waals surface area contributed by atoms with Crippen molar-refractivity contribution >= 4 is 59.4 Å². The fourth-order valence-electron chi connectivity index (χ4n) is 9.65. The van der Waals surface area contributed by atoms with Crippen molar-refractivity contribution in [2.24, 2.45) is 5.11 Å². The van der Waals surface area contributed by atoms with Crippen LogP contribution in [0, 0.1) is 0 Å². The second-order valence-corrected chi connectivity index (χ2v) is 21.4. The molecule has 0 aliphatic heterocycles. The monoisotopic (exact) mass is 1470 g/mol. The number of allylic oxidation sites excluding steroid dienone is 4. The fraction of sp³-hybridized carbons (Fsp3) is 0.231. The maximum atomic E-state index is 12.6. The average Bonchev–Trinajstić information content (AvgIpc) is 1.59. The Hall–Kier alpha value is -12.1. The number of benzene rings is 4. The molecule has 2 aliphatic rings. The first-order valence-electron chi connectivity index (χ1n) is 32.4. The van der Waals surface area contributed by atoms with E-state index in [0.29, 0.717) is 11.1 Å². The quantitative estimate of drug-likeness (QED) is 0.0166. The van der Waals surface area contributed by atoms with Gasteiger partial charge in [0, 0.05) is 104 Å². The molecule has 1 amide bonds. The number of methoxy groups -OCH3 is 2. The molecule has 6 aromatic heterocycles. The number of ketones is 1. The molecule has 12 rings (SSSR count). The number of ether oxygens (including phenoxy) is 5. The average molecular weight is 1470 g/mol. The molecule has 562 valence electrons. The largest absolute Gasteiger partial charge is 0.573 e. The van der Waals surface area contributed by atoms with E-state index in [2.05, 4.69) is 44.4 Å². The number of azide groups is 1. The van der Waals surface area contributed by atoms with Crippen molar-refractivity contribution in [1.82, 2.24) is 27.8 Å². The molecule has 0 fully saturated rings. The highest BCUT2D eigenvalue weighted by Crippen LogP contribution is 2.33. The smallest absolute Gasteiger partial charge is 0.501 e. The lowest BCUT2D eigenvalue weighted by molar-refractivity contribution is -0.275. The molecule has 4 N–H and O–H groups in total. The molecule has 1 atom stereocenters. The van der Waals surface area contributed by atoms with Crippen molar-refractivity contribution in [3.63, 3.8) is 0 Å². The molecule has 10 aromatic rings. The van der Waals surface area contributed by atoms with E-state index in [-0.39, 0.29) is 37.4 Å². The lowest BCUT2D eigenvalue weighted by Crippen LogP contribution is -2.29. The Morgan fingerprint density at radius 3 is 1.58 bits per heavy atom. The van der Waals surface area contributed by atoms with Crippen LogP contribution in [0.25, 0.3) is 39.6 Å². The number of Topliss-reactive ketones (excluding diaryl/α,β-unsaturated/α-hetero) is 1. The lowest BCUT2D eigenvalue weighted by Gasteiger charge is -2.18. The minimum Gasteiger partial charge on any atom is -0.501 e. The summed E-state index contributed by atoms with van der Waals surface area (Å²) in [6.45, 7) is 14.5. The zero-order valence-corrected chi connectivity index (χ0v) is 58.0. The minimum absolute atomic E-state index is 0. The van der Waals surface area contributed by atoms with E-state index < -0.39 is 43.4 Å². The third-order valence-electron chi connectivity index (χ3n) is 14.7. The molecule has 0 radical (unpaired) electrons. The van der Waals surface area contributed by atoms with Crippen LogP contribution in [0.3, 0.4) is 0 Å². The molecule has 21 nitrogen and oxygen atoms in total. The van der Waals surface area contributed by atoms with Crippen LogP contribution in [0.15, 0.2) is 253 Å². The van der Waals surface area contributed by atoms with Gasteiger partial charge in [0.05, 0.1) is 42.5 Å². The zero-order chi connectivity index (χ0) is 76.0. The van der Waals surface area contributed by atoms with Crippen LogP contribution in [-0.4, -0.2) is 94.7 Å². The first-order chi connectivity index (χ1) is 49.9. The van der Waals surface area contributed by atoms with Crippen LogP contribution in [0.2, 0.25) is 0 Å². The molecular formula is C78H88BF6N9O12. The number of H-pyrrole nitrogens is 1. The summed E-state index contributed by atoms with van der Waals surface area (Å²) < 4.78 is 104. The van der Waals surface area contributed by atoms with Gasteiger partial charge in [-0.3, -0.25) is 14.4 Å². The van der Waals surface area contributed by atoms with E-state index in [1.54, 1.807) is 44.7 Å². The maximum Gasteiger partial charge on any atom is 0.573 e. The molecule has 0 bridgehead atoms. The van der Waals surface area contributed by atoms with Crippen LogP contribution >= 0.6 is 0 Å². The van der Waals surface area contributed by atoms with Gasteiger partial charge in [0.1, 0.15) is 23.0 Å². The summed E-state index contributed by atoms with van der Waals surface area (Å²) in [6, 6.07) is 46.2. The molecule has 1 unspecified atom stereocenters. The highest BCUT2D eigenvalue weighted by Gasteiger charge is 2.32. The summed E-state index contributed by atoms with van der Waals surface area (Å²) in [4.78, 5) is 49.9. The number of amides is 1. The Balaban J connectivity index is 0.000000320. The van der Waals surface area contributed by atoms with Crippen LogP contribution < -0.4 is 30.0 Å². The number of alkyl halides is 6. The van der Waals surface area contributed by atoms with Crippen LogP contribution in [0.5, 0.6) is 28.9 Å². The summed E-state index contributed by atoms with van der Waals surface area (Å²) in [5.74, 6) is 0.970. The van der Waals surface area contributed by atoms with Gasteiger partial charge in [-0.25, -0.2) is 4.79 Å². The second kappa shape index (κ2) is 45.8. The molecule has 4 aromatic carbocycles. The molecule has 2 aliphatic carbocycles. The molecule has 106 heavy (non-hydrogen) atoms. The number of para-hydroxylation sites is 2. The number of aromatic amines is 1. The molecular weight excluding hydrogens is 1380 g/mol. The van der Waals surface area contributed by atoms with Gasteiger partial charge in [-0.05, 0) is 190 Å². The summed E-state index contributed by atoms with van der Waals surface area (Å²) in [5, 5.41) is 29.3. The van der Waals surface area contributed by atoms with Gasteiger partial charge in [-0.15, -0.1) is 26.3 Å². The van der Waals surface area contributed by atoms with Crippen LogP contribution in [-0.2, 0) is 47.0 Å². The molecule has 28 heteroatoms. The van der Waals surface area contributed by atoms with Gasteiger partial charge >= 0.3 is 25.8 Å². The third-order valence-corrected chi connectivity index (χ3v) is 14.7. The Labute approximate surface area is 611 Å². The normalized spacial score (nSPS) is 12.1. The first-order valence-corrected chi connectivity index (χ1v) is 32.4. The molecule has 0 spiro atoms. The van der Waals surface area contributed by atoms with Gasteiger partial charge in [-0.2, -0.15) is 0 Å².